The SMILES string of the molecule is CCc1ccc(C=O)c(C(C)C)c1. The molecule has 0 saturated carbocycles. The first kappa shape index (κ1) is 9.97. The second-order valence-corrected chi connectivity index (χ2v) is 3.59. The summed E-state index contributed by atoms with van der Waals surface area (Å²) in [6.45, 7) is 6.35. The molecule has 1 aromatic rings. The van der Waals surface area contributed by atoms with Gasteiger partial charge in [0.25, 0.3) is 0 Å². The quantitative estimate of drug-likeness (QED) is 0.646. The fourth-order valence-electron chi connectivity index (χ4n) is 1.45. The lowest BCUT2D eigenvalue weighted by atomic mass is 9.95. The first-order valence-corrected chi connectivity index (χ1v) is 4.77. The maximum atomic E-state index is 10.7. The maximum Gasteiger partial charge on any atom is 0.150 e. The zero-order valence-corrected chi connectivity index (χ0v) is 8.50. The molecule has 0 N–H and O–H groups in total. The predicted octanol–water partition coefficient (Wildman–Crippen LogP) is 3.18. The minimum atomic E-state index is 0.423. The molecule has 0 aliphatic carbocycles. The molecule has 0 aliphatic heterocycles. The lowest BCUT2D eigenvalue weighted by Gasteiger charge is -2.10. The Hall–Kier alpha value is -1.11. The van der Waals surface area contributed by atoms with Gasteiger partial charge in [-0.05, 0) is 23.5 Å². The average molecular weight is 176 g/mol. The molecular weight excluding hydrogens is 160 g/mol. The van der Waals surface area contributed by atoms with Crippen LogP contribution in [0.25, 0.3) is 0 Å². The van der Waals surface area contributed by atoms with Gasteiger partial charge in [-0.15, -0.1) is 0 Å². The summed E-state index contributed by atoms with van der Waals surface area (Å²) in [7, 11) is 0. The highest BCUT2D eigenvalue weighted by Gasteiger charge is 2.05. The van der Waals surface area contributed by atoms with Gasteiger partial charge >= 0.3 is 0 Å². The third-order valence-electron chi connectivity index (χ3n) is 2.31. The fourth-order valence-corrected chi connectivity index (χ4v) is 1.45. The number of hydrogen-bond acceptors (Lipinski definition) is 1. The first-order chi connectivity index (χ1) is 6.19. The van der Waals surface area contributed by atoms with E-state index in [4.69, 9.17) is 0 Å². The zero-order chi connectivity index (χ0) is 9.84. The van der Waals surface area contributed by atoms with Gasteiger partial charge in [0.05, 0.1) is 0 Å². The van der Waals surface area contributed by atoms with Gasteiger partial charge in [-0.25, -0.2) is 0 Å². The summed E-state index contributed by atoms with van der Waals surface area (Å²) in [5, 5.41) is 0. The molecule has 1 aromatic carbocycles. The van der Waals surface area contributed by atoms with Crippen LogP contribution in [0.2, 0.25) is 0 Å². The molecular formula is C12H16O. The Labute approximate surface area is 79.8 Å². The molecule has 0 spiro atoms. The third kappa shape index (κ3) is 2.18. The van der Waals surface area contributed by atoms with Crippen LogP contribution >= 0.6 is 0 Å². The molecule has 0 aliphatic rings. The second-order valence-electron chi connectivity index (χ2n) is 3.59. The lowest BCUT2D eigenvalue weighted by molar-refractivity contribution is 0.112. The van der Waals surface area contributed by atoms with E-state index in [0.717, 1.165) is 23.8 Å². The van der Waals surface area contributed by atoms with Crippen LogP contribution in [-0.2, 0) is 6.42 Å². The van der Waals surface area contributed by atoms with E-state index in [2.05, 4.69) is 26.8 Å². The number of carbonyl (C=O) groups excluding carboxylic acids is 1. The van der Waals surface area contributed by atoms with Gasteiger partial charge in [0, 0.05) is 5.56 Å². The molecule has 0 amide bonds. The van der Waals surface area contributed by atoms with Crippen molar-refractivity contribution in [3.05, 3.63) is 34.9 Å². The van der Waals surface area contributed by atoms with E-state index in [9.17, 15) is 4.79 Å². The first-order valence-electron chi connectivity index (χ1n) is 4.77. The van der Waals surface area contributed by atoms with Gasteiger partial charge in [0.2, 0.25) is 0 Å². The largest absolute Gasteiger partial charge is 0.298 e. The highest BCUT2D eigenvalue weighted by Crippen LogP contribution is 2.20. The van der Waals surface area contributed by atoms with E-state index in [1.165, 1.54) is 5.56 Å². The van der Waals surface area contributed by atoms with Crippen LogP contribution in [0.15, 0.2) is 18.2 Å². The van der Waals surface area contributed by atoms with Crippen molar-refractivity contribution in [2.75, 3.05) is 0 Å². The second kappa shape index (κ2) is 4.22. The molecule has 1 nitrogen and oxygen atoms in total. The van der Waals surface area contributed by atoms with Crippen molar-refractivity contribution >= 4 is 6.29 Å². The molecule has 0 saturated heterocycles. The van der Waals surface area contributed by atoms with Gasteiger partial charge in [-0.2, -0.15) is 0 Å². The summed E-state index contributed by atoms with van der Waals surface area (Å²) < 4.78 is 0. The van der Waals surface area contributed by atoms with Gasteiger partial charge < -0.3 is 0 Å². The molecule has 0 fully saturated rings. The minimum Gasteiger partial charge on any atom is -0.298 e. The van der Waals surface area contributed by atoms with Crippen molar-refractivity contribution in [3.63, 3.8) is 0 Å². The zero-order valence-electron chi connectivity index (χ0n) is 8.50. The van der Waals surface area contributed by atoms with Crippen LogP contribution in [0.4, 0.5) is 0 Å². The topological polar surface area (TPSA) is 17.1 Å². The van der Waals surface area contributed by atoms with Crippen LogP contribution in [0.3, 0.4) is 0 Å². The summed E-state index contributed by atoms with van der Waals surface area (Å²) in [6, 6.07) is 6.07. The van der Waals surface area contributed by atoms with Crippen LogP contribution in [0, 0.1) is 0 Å². The highest BCUT2D eigenvalue weighted by atomic mass is 16.1. The Morgan fingerprint density at radius 2 is 2.08 bits per heavy atom. The Morgan fingerprint density at radius 1 is 1.38 bits per heavy atom. The number of benzene rings is 1. The molecule has 0 radical (unpaired) electrons. The molecule has 1 rings (SSSR count). The van der Waals surface area contributed by atoms with E-state index in [1.807, 2.05) is 12.1 Å². The number of hydrogen-bond donors (Lipinski definition) is 0. The van der Waals surface area contributed by atoms with Crippen molar-refractivity contribution < 1.29 is 4.79 Å². The molecule has 1 heteroatoms. The Bertz CT molecular complexity index is 300. The summed E-state index contributed by atoms with van der Waals surface area (Å²) in [5.41, 5.74) is 3.29. The van der Waals surface area contributed by atoms with E-state index in [-0.39, 0.29) is 0 Å². The Balaban J connectivity index is 3.17. The predicted molar refractivity (Wildman–Crippen MR) is 55.3 cm³/mol. The van der Waals surface area contributed by atoms with E-state index < -0.39 is 0 Å². The van der Waals surface area contributed by atoms with E-state index in [1.54, 1.807) is 0 Å². The highest BCUT2D eigenvalue weighted by molar-refractivity contribution is 5.77. The number of carbonyl (C=O) groups is 1. The monoisotopic (exact) mass is 176 g/mol. The average Bonchev–Trinajstić information content (AvgIpc) is 2.16. The molecule has 13 heavy (non-hydrogen) atoms. The number of aldehydes is 1. The van der Waals surface area contributed by atoms with Crippen LogP contribution in [-0.4, -0.2) is 6.29 Å². The van der Waals surface area contributed by atoms with E-state index >= 15 is 0 Å². The summed E-state index contributed by atoms with van der Waals surface area (Å²) in [5.74, 6) is 0.423. The standard InChI is InChI=1S/C12H16O/c1-4-10-5-6-11(8-13)12(7-10)9(2)3/h5-9H,4H2,1-3H3. The van der Waals surface area contributed by atoms with Gasteiger partial charge in [0.15, 0.2) is 0 Å². The molecule has 0 aromatic heterocycles. The van der Waals surface area contributed by atoms with Crippen molar-refractivity contribution in [3.8, 4) is 0 Å². The number of rotatable bonds is 3. The Morgan fingerprint density at radius 3 is 2.54 bits per heavy atom. The Kier molecular flexibility index (Phi) is 3.24. The van der Waals surface area contributed by atoms with Crippen molar-refractivity contribution in [1.82, 2.24) is 0 Å². The normalized spacial score (nSPS) is 10.5. The molecule has 70 valence electrons. The van der Waals surface area contributed by atoms with Crippen LogP contribution in [0.1, 0.15) is 48.2 Å². The van der Waals surface area contributed by atoms with Crippen LogP contribution < -0.4 is 0 Å². The third-order valence-corrected chi connectivity index (χ3v) is 2.31. The smallest absolute Gasteiger partial charge is 0.150 e. The van der Waals surface area contributed by atoms with Gasteiger partial charge in [-0.1, -0.05) is 39.0 Å². The van der Waals surface area contributed by atoms with Crippen molar-refractivity contribution in [1.29, 1.82) is 0 Å². The molecule has 0 bridgehead atoms. The van der Waals surface area contributed by atoms with Gasteiger partial charge in [0.1, 0.15) is 6.29 Å². The minimum absolute atomic E-state index is 0.423. The maximum absolute atomic E-state index is 10.7. The fraction of sp³-hybridized carbons (Fsp3) is 0.417. The van der Waals surface area contributed by atoms with Crippen molar-refractivity contribution in [2.24, 2.45) is 0 Å². The lowest BCUT2D eigenvalue weighted by Crippen LogP contribution is -1.96. The molecule has 0 atom stereocenters. The van der Waals surface area contributed by atoms with Crippen molar-refractivity contribution in [2.45, 2.75) is 33.1 Å². The summed E-state index contributed by atoms with van der Waals surface area (Å²) >= 11 is 0. The van der Waals surface area contributed by atoms with E-state index in [0.29, 0.717) is 5.92 Å². The molecule has 0 heterocycles. The number of aryl methyl sites for hydroxylation is 1. The van der Waals surface area contributed by atoms with Crippen LogP contribution in [0.5, 0.6) is 0 Å². The summed E-state index contributed by atoms with van der Waals surface area (Å²) in [6.07, 6.45) is 1.97. The van der Waals surface area contributed by atoms with Gasteiger partial charge in [-0.3, -0.25) is 4.79 Å². The molecule has 0 unspecified atom stereocenters. The summed E-state index contributed by atoms with van der Waals surface area (Å²) in [4.78, 5) is 10.7.